The first-order valence-electron chi connectivity index (χ1n) is 11.3. The first-order chi connectivity index (χ1) is 15.2. The van der Waals surface area contributed by atoms with Crippen LogP contribution in [0.5, 0.6) is 0 Å². The molecule has 1 aliphatic heterocycles. The van der Waals surface area contributed by atoms with Crippen LogP contribution < -0.4 is 0 Å². The van der Waals surface area contributed by atoms with E-state index in [1.165, 1.54) is 33.4 Å². The lowest BCUT2D eigenvalue weighted by Gasteiger charge is -2.30. The summed E-state index contributed by atoms with van der Waals surface area (Å²) in [7, 11) is 0. The van der Waals surface area contributed by atoms with Crippen molar-refractivity contribution < 1.29 is 4.79 Å². The quantitative estimate of drug-likeness (QED) is 0.587. The average molecular weight is 409 g/mol. The van der Waals surface area contributed by atoms with Crippen LogP contribution >= 0.6 is 0 Å². The van der Waals surface area contributed by atoms with Gasteiger partial charge in [-0.15, -0.1) is 0 Å². The fourth-order valence-electron chi connectivity index (χ4n) is 4.95. The number of carbonyl (C=O) groups is 1. The molecule has 1 fully saturated rings. The molecule has 0 saturated carbocycles. The summed E-state index contributed by atoms with van der Waals surface area (Å²) in [5, 5.41) is 0. The number of rotatable bonds is 2. The molecule has 1 aliphatic carbocycles. The molecule has 31 heavy (non-hydrogen) atoms. The highest BCUT2D eigenvalue weighted by Crippen LogP contribution is 2.38. The lowest BCUT2D eigenvalue weighted by Crippen LogP contribution is -2.37. The van der Waals surface area contributed by atoms with E-state index >= 15 is 0 Å². The molecule has 1 saturated heterocycles. The first kappa shape index (κ1) is 19.7. The van der Waals surface area contributed by atoms with Crippen LogP contribution in [-0.2, 0) is 24.1 Å². The lowest BCUT2D eigenvalue weighted by molar-refractivity contribution is -0.130. The van der Waals surface area contributed by atoms with Crippen molar-refractivity contribution in [3.63, 3.8) is 0 Å². The zero-order valence-electron chi connectivity index (χ0n) is 18.1. The standard InChI is InChI=1S/C28H28N2O/c1-20-9-12-25-24(18-20)11-10-23-8-5-15-29-28(23)27(25)22-13-16-30(17-14-22)26(31)19-21-6-3-2-4-7-21/h2-9,12,15,18H,10-11,13-14,16-17,19H2,1H3. The summed E-state index contributed by atoms with van der Waals surface area (Å²) in [6, 6.07) is 21.1. The molecule has 2 heterocycles. The molecule has 0 atom stereocenters. The summed E-state index contributed by atoms with van der Waals surface area (Å²) in [4.78, 5) is 19.7. The summed E-state index contributed by atoms with van der Waals surface area (Å²) in [5.74, 6) is 0.227. The molecule has 0 unspecified atom stereocenters. The number of hydrogen-bond acceptors (Lipinski definition) is 2. The number of likely N-dealkylation sites (tertiary alicyclic amines) is 1. The van der Waals surface area contributed by atoms with Gasteiger partial charge in [-0.1, -0.05) is 65.7 Å². The molecule has 0 spiro atoms. The van der Waals surface area contributed by atoms with Crippen LogP contribution in [0, 0.1) is 6.92 Å². The lowest BCUT2D eigenvalue weighted by atomic mass is 9.88. The number of aryl methyl sites for hydroxylation is 3. The van der Waals surface area contributed by atoms with E-state index in [0.29, 0.717) is 6.42 Å². The van der Waals surface area contributed by atoms with Gasteiger partial charge in [0.05, 0.1) is 12.1 Å². The summed E-state index contributed by atoms with van der Waals surface area (Å²) >= 11 is 0. The second-order valence-electron chi connectivity index (χ2n) is 8.69. The van der Waals surface area contributed by atoms with Crippen molar-refractivity contribution in [2.24, 2.45) is 0 Å². The van der Waals surface area contributed by atoms with E-state index in [1.54, 1.807) is 0 Å². The summed E-state index contributed by atoms with van der Waals surface area (Å²) in [6.07, 6.45) is 6.31. The fourth-order valence-corrected chi connectivity index (χ4v) is 4.95. The first-order valence-corrected chi connectivity index (χ1v) is 11.3. The van der Waals surface area contributed by atoms with E-state index in [0.717, 1.165) is 50.0 Å². The van der Waals surface area contributed by atoms with Gasteiger partial charge in [0.25, 0.3) is 0 Å². The van der Waals surface area contributed by atoms with E-state index in [9.17, 15) is 4.79 Å². The highest BCUT2D eigenvalue weighted by molar-refractivity contribution is 5.85. The number of amides is 1. The molecule has 3 aromatic rings. The molecular weight excluding hydrogens is 380 g/mol. The predicted octanol–water partition coefficient (Wildman–Crippen LogP) is 5.16. The topological polar surface area (TPSA) is 33.2 Å². The highest BCUT2D eigenvalue weighted by atomic mass is 16.2. The molecule has 0 N–H and O–H groups in total. The number of benzene rings is 2. The Bertz CT molecular complexity index is 1140. The van der Waals surface area contributed by atoms with Crippen LogP contribution in [0.1, 0.15) is 46.4 Å². The fraction of sp³-hybridized carbons (Fsp3) is 0.286. The van der Waals surface area contributed by atoms with Crippen molar-refractivity contribution in [2.75, 3.05) is 13.1 Å². The Morgan fingerprint density at radius 3 is 2.48 bits per heavy atom. The third-order valence-electron chi connectivity index (χ3n) is 6.59. The van der Waals surface area contributed by atoms with Crippen LogP contribution in [0.2, 0.25) is 0 Å². The Morgan fingerprint density at radius 1 is 0.903 bits per heavy atom. The Labute approximate surface area is 184 Å². The van der Waals surface area contributed by atoms with Crippen LogP contribution in [-0.4, -0.2) is 28.9 Å². The zero-order chi connectivity index (χ0) is 21.2. The van der Waals surface area contributed by atoms with Gasteiger partial charge < -0.3 is 4.90 Å². The van der Waals surface area contributed by atoms with Crippen LogP contribution in [0.3, 0.4) is 0 Å². The minimum absolute atomic E-state index is 0.227. The minimum atomic E-state index is 0.227. The highest BCUT2D eigenvalue weighted by Gasteiger charge is 2.26. The van der Waals surface area contributed by atoms with Gasteiger partial charge in [-0.2, -0.15) is 0 Å². The number of pyridine rings is 1. The van der Waals surface area contributed by atoms with Crippen LogP contribution in [0.15, 0.2) is 72.4 Å². The molecule has 1 amide bonds. The van der Waals surface area contributed by atoms with E-state index < -0.39 is 0 Å². The Kier molecular flexibility index (Phi) is 5.42. The normalized spacial score (nSPS) is 15.8. The second-order valence-corrected chi connectivity index (χ2v) is 8.69. The number of fused-ring (bicyclic) bond motifs is 2. The van der Waals surface area contributed by atoms with Crippen molar-refractivity contribution in [1.82, 2.24) is 9.88 Å². The number of piperidine rings is 1. The Balaban J connectivity index is 1.45. The van der Waals surface area contributed by atoms with Gasteiger partial charge in [0, 0.05) is 24.9 Å². The minimum Gasteiger partial charge on any atom is -0.342 e. The van der Waals surface area contributed by atoms with Crippen LogP contribution in [0.4, 0.5) is 0 Å². The van der Waals surface area contributed by atoms with Crippen molar-refractivity contribution in [2.45, 2.75) is 39.0 Å². The molecule has 2 aromatic carbocycles. The van der Waals surface area contributed by atoms with Gasteiger partial charge in [0.2, 0.25) is 5.91 Å². The molecule has 3 heteroatoms. The maximum atomic E-state index is 12.8. The van der Waals surface area contributed by atoms with Crippen molar-refractivity contribution in [3.05, 3.63) is 106 Å². The Hall–Kier alpha value is -3.20. The van der Waals surface area contributed by atoms with Gasteiger partial charge in [0.15, 0.2) is 0 Å². The van der Waals surface area contributed by atoms with Crippen molar-refractivity contribution in [3.8, 4) is 0 Å². The van der Waals surface area contributed by atoms with Gasteiger partial charge in [-0.3, -0.25) is 9.78 Å². The summed E-state index contributed by atoms with van der Waals surface area (Å²) in [6.45, 7) is 3.74. The number of carbonyl (C=O) groups excluding carboxylic acids is 1. The third-order valence-corrected chi connectivity index (χ3v) is 6.59. The molecule has 1 aromatic heterocycles. The predicted molar refractivity (Wildman–Crippen MR) is 125 cm³/mol. The zero-order valence-corrected chi connectivity index (χ0v) is 18.1. The molecule has 0 radical (unpaired) electrons. The maximum absolute atomic E-state index is 12.8. The third kappa shape index (κ3) is 4.05. The van der Waals surface area contributed by atoms with E-state index in [2.05, 4.69) is 31.2 Å². The monoisotopic (exact) mass is 408 g/mol. The van der Waals surface area contributed by atoms with E-state index in [4.69, 9.17) is 4.98 Å². The SMILES string of the molecule is Cc1ccc2c(c1)CCc1cccnc1C2=C1CCN(C(=O)Cc2ccccc2)CC1. The number of aromatic nitrogens is 1. The van der Waals surface area contributed by atoms with Gasteiger partial charge >= 0.3 is 0 Å². The summed E-state index contributed by atoms with van der Waals surface area (Å²) < 4.78 is 0. The van der Waals surface area contributed by atoms with E-state index in [1.807, 2.05) is 47.5 Å². The van der Waals surface area contributed by atoms with Crippen molar-refractivity contribution in [1.29, 1.82) is 0 Å². The molecular formula is C28H28N2O. The van der Waals surface area contributed by atoms with Gasteiger partial charge in [-0.25, -0.2) is 0 Å². The smallest absolute Gasteiger partial charge is 0.227 e. The van der Waals surface area contributed by atoms with Crippen molar-refractivity contribution >= 4 is 11.5 Å². The molecule has 2 aliphatic rings. The van der Waals surface area contributed by atoms with Crippen LogP contribution in [0.25, 0.3) is 5.57 Å². The molecule has 3 nitrogen and oxygen atoms in total. The summed E-state index contributed by atoms with van der Waals surface area (Å²) in [5.41, 5.74) is 10.4. The molecule has 0 bridgehead atoms. The maximum Gasteiger partial charge on any atom is 0.227 e. The Morgan fingerprint density at radius 2 is 1.68 bits per heavy atom. The second kappa shape index (κ2) is 8.50. The van der Waals surface area contributed by atoms with E-state index in [-0.39, 0.29) is 5.91 Å². The average Bonchev–Trinajstić information content (AvgIpc) is 2.96. The molecule has 156 valence electrons. The number of hydrogen-bond donors (Lipinski definition) is 0. The number of nitrogens with zero attached hydrogens (tertiary/aromatic N) is 2. The molecule has 5 rings (SSSR count). The van der Waals surface area contributed by atoms with Gasteiger partial charge in [-0.05, 0) is 60.9 Å². The van der Waals surface area contributed by atoms with Gasteiger partial charge in [0.1, 0.15) is 0 Å². The largest absolute Gasteiger partial charge is 0.342 e.